The lowest BCUT2D eigenvalue weighted by Crippen LogP contribution is -2.30. The van der Waals surface area contributed by atoms with Crippen LogP contribution < -0.4 is 0 Å². The Morgan fingerprint density at radius 1 is 1.08 bits per heavy atom. The van der Waals surface area contributed by atoms with Crippen molar-refractivity contribution in [2.45, 2.75) is 44.5 Å². The Kier molecular flexibility index (Phi) is 6.28. The zero-order valence-electron chi connectivity index (χ0n) is 7.35. The molecule has 0 heterocycles. The maximum absolute atomic E-state index is 9.23. The Labute approximate surface area is 72.5 Å². The Hall–Kier alpha value is -0.160. The van der Waals surface area contributed by atoms with E-state index in [1.807, 2.05) is 0 Å². The van der Waals surface area contributed by atoms with Crippen molar-refractivity contribution in [1.82, 2.24) is 0 Å². The largest absolute Gasteiger partial charge is 0.396 e. The van der Waals surface area contributed by atoms with Crippen molar-refractivity contribution in [1.29, 1.82) is 0 Å². The molecule has 12 heavy (non-hydrogen) atoms. The highest BCUT2D eigenvalue weighted by atomic mass is 16.3. The van der Waals surface area contributed by atoms with Crippen LogP contribution in [0, 0.1) is 0 Å². The summed E-state index contributed by atoms with van der Waals surface area (Å²) in [7, 11) is 0. The van der Waals surface area contributed by atoms with Crippen molar-refractivity contribution in [2.75, 3.05) is 6.61 Å². The standard InChI is InChI=1S/C8H18O4/c1-2-6(10)5-8(12)7(11)3-4-9/h6-12H,2-5H2,1H3. The maximum Gasteiger partial charge on any atom is 0.0824 e. The molecule has 3 unspecified atom stereocenters. The lowest BCUT2D eigenvalue weighted by molar-refractivity contribution is -0.0222. The molecule has 0 aromatic heterocycles. The average molecular weight is 178 g/mol. The topological polar surface area (TPSA) is 80.9 Å². The van der Waals surface area contributed by atoms with Crippen molar-refractivity contribution in [3.05, 3.63) is 0 Å². The molecule has 0 aliphatic carbocycles. The number of aliphatic hydroxyl groups excluding tert-OH is 4. The van der Waals surface area contributed by atoms with E-state index in [1.165, 1.54) is 0 Å². The average Bonchev–Trinajstić information content (AvgIpc) is 2.04. The molecule has 0 aromatic carbocycles. The predicted molar refractivity (Wildman–Crippen MR) is 44.6 cm³/mol. The maximum atomic E-state index is 9.23. The second-order valence-corrected chi connectivity index (χ2v) is 2.94. The Morgan fingerprint density at radius 2 is 1.67 bits per heavy atom. The first-order chi connectivity index (χ1) is 5.61. The van der Waals surface area contributed by atoms with E-state index >= 15 is 0 Å². The number of hydrogen-bond donors (Lipinski definition) is 4. The molecule has 0 spiro atoms. The van der Waals surface area contributed by atoms with E-state index in [0.717, 1.165) is 0 Å². The predicted octanol–water partition coefficient (Wildman–Crippen LogP) is -0.748. The fraction of sp³-hybridized carbons (Fsp3) is 1.00. The summed E-state index contributed by atoms with van der Waals surface area (Å²) in [6.07, 6.45) is -1.57. The van der Waals surface area contributed by atoms with Crippen molar-refractivity contribution in [3.8, 4) is 0 Å². The fourth-order valence-electron chi connectivity index (χ4n) is 0.927. The first-order valence-corrected chi connectivity index (χ1v) is 4.26. The first-order valence-electron chi connectivity index (χ1n) is 4.26. The molecule has 0 aliphatic rings. The summed E-state index contributed by atoms with van der Waals surface area (Å²) >= 11 is 0. The summed E-state index contributed by atoms with van der Waals surface area (Å²) in [6, 6.07) is 0. The normalized spacial score (nSPS) is 18.8. The van der Waals surface area contributed by atoms with E-state index in [-0.39, 0.29) is 19.4 Å². The third-order valence-electron chi connectivity index (χ3n) is 1.85. The highest BCUT2D eigenvalue weighted by Crippen LogP contribution is 2.07. The van der Waals surface area contributed by atoms with Crippen molar-refractivity contribution >= 4 is 0 Å². The van der Waals surface area contributed by atoms with Crippen molar-refractivity contribution < 1.29 is 20.4 Å². The molecule has 0 saturated carbocycles. The Morgan fingerprint density at radius 3 is 2.08 bits per heavy atom. The van der Waals surface area contributed by atoms with E-state index < -0.39 is 18.3 Å². The lowest BCUT2D eigenvalue weighted by Gasteiger charge is -2.18. The minimum atomic E-state index is -0.938. The summed E-state index contributed by atoms with van der Waals surface area (Å²) in [6.45, 7) is 1.65. The van der Waals surface area contributed by atoms with Crippen LogP contribution in [0.2, 0.25) is 0 Å². The Balaban J connectivity index is 3.62. The van der Waals surface area contributed by atoms with Crippen LogP contribution in [0.15, 0.2) is 0 Å². The van der Waals surface area contributed by atoms with Gasteiger partial charge in [0, 0.05) is 13.0 Å². The number of hydrogen-bond acceptors (Lipinski definition) is 4. The second-order valence-electron chi connectivity index (χ2n) is 2.94. The van der Waals surface area contributed by atoms with Crippen LogP contribution in [-0.2, 0) is 0 Å². The molecule has 0 amide bonds. The van der Waals surface area contributed by atoms with Crippen LogP contribution in [0.25, 0.3) is 0 Å². The minimum Gasteiger partial charge on any atom is -0.396 e. The van der Waals surface area contributed by atoms with Gasteiger partial charge < -0.3 is 20.4 Å². The van der Waals surface area contributed by atoms with Gasteiger partial charge in [0.25, 0.3) is 0 Å². The SMILES string of the molecule is CCC(O)CC(O)C(O)CCO. The quantitative estimate of drug-likeness (QED) is 0.431. The van der Waals surface area contributed by atoms with E-state index in [1.54, 1.807) is 6.92 Å². The fourth-order valence-corrected chi connectivity index (χ4v) is 0.927. The minimum absolute atomic E-state index is 0.150. The van der Waals surface area contributed by atoms with Gasteiger partial charge in [0.2, 0.25) is 0 Å². The first kappa shape index (κ1) is 11.8. The van der Waals surface area contributed by atoms with Crippen molar-refractivity contribution in [3.63, 3.8) is 0 Å². The molecule has 3 atom stereocenters. The molecule has 0 rings (SSSR count). The molecule has 0 fully saturated rings. The molecule has 0 bridgehead atoms. The molecule has 0 saturated heterocycles. The van der Waals surface area contributed by atoms with Gasteiger partial charge in [-0.2, -0.15) is 0 Å². The van der Waals surface area contributed by atoms with Gasteiger partial charge in [0.05, 0.1) is 18.3 Å². The van der Waals surface area contributed by atoms with E-state index in [4.69, 9.17) is 15.3 Å². The number of aliphatic hydroxyl groups is 4. The monoisotopic (exact) mass is 178 g/mol. The van der Waals surface area contributed by atoms with E-state index in [0.29, 0.717) is 6.42 Å². The molecule has 4 heteroatoms. The van der Waals surface area contributed by atoms with Crippen LogP contribution >= 0.6 is 0 Å². The van der Waals surface area contributed by atoms with Gasteiger partial charge in [-0.1, -0.05) is 6.92 Å². The van der Waals surface area contributed by atoms with Gasteiger partial charge in [-0.25, -0.2) is 0 Å². The van der Waals surface area contributed by atoms with Crippen LogP contribution in [0.1, 0.15) is 26.2 Å². The highest BCUT2D eigenvalue weighted by Gasteiger charge is 2.18. The summed E-state index contributed by atoms with van der Waals surface area (Å²) in [5, 5.41) is 35.9. The molecule has 4 N–H and O–H groups in total. The van der Waals surface area contributed by atoms with Crippen LogP contribution in [-0.4, -0.2) is 45.3 Å². The van der Waals surface area contributed by atoms with E-state index in [2.05, 4.69) is 0 Å². The van der Waals surface area contributed by atoms with Gasteiger partial charge in [-0.3, -0.25) is 0 Å². The Bertz CT molecular complexity index is 107. The summed E-state index contributed by atoms with van der Waals surface area (Å²) < 4.78 is 0. The molecule has 0 radical (unpaired) electrons. The molecule has 74 valence electrons. The van der Waals surface area contributed by atoms with Crippen LogP contribution in [0.3, 0.4) is 0 Å². The second kappa shape index (κ2) is 6.37. The zero-order chi connectivity index (χ0) is 9.56. The lowest BCUT2D eigenvalue weighted by atomic mass is 10.0. The highest BCUT2D eigenvalue weighted by molar-refractivity contribution is 4.70. The van der Waals surface area contributed by atoms with Crippen molar-refractivity contribution in [2.24, 2.45) is 0 Å². The van der Waals surface area contributed by atoms with E-state index in [9.17, 15) is 5.11 Å². The van der Waals surface area contributed by atoms with Gasteiger partial charge in [-0.05, 0) is 12.8 Å². The molecular formula is C8H18O4. The van der Waals surface area contributed by atoms with Crippen LogP contribution in [0.5, 0.6) is 0 Å². The van der Waals surface area contributed by atoms with Gasteiger partial charge in [0.15, 0.2) is 0 Å². The number of rotatable bonds is 6. The van der Waals surface area contributed by atoms with Crippen LogP contribution in [0.4, 0.5) is 0 Å². The smallest absolute Gasteiger partial charge is 0.0824 e. The third-order valence-corrected chi connectivity index (χ3v) is 1.85. The third kappa shape index (κ3) is 4.66. The molecule has 0 aliphatic heterocycles. The summed E-state index contributed by atoms with van der Waals surface area (Å²) in [4.78, 5) is 0. The molecule has 0 aromatic rings. The summed E-state index contributed by atoms with van der Waals surface area (Å²) in [5.41, 5.74) is 0. The summed E-state index contributed by atoms with van der Waals surface area (Å²) in [5.74, 6) is 0. The van der Waals surface area contributed by atoms with Gasteiger partial charge in [0.1, 0.15) is 0 Å². The molecule has 4 nitrogen and oxygen atoms in total. The molecular weight excluding hydrogens is 160 g/mol. The van der Waals surface area contributed by atoms with Gasteiger partial charge >= 0.3 is 0 Å². The van der Waals surface area contributed by atoms with Gasteiger partial charge in [-0.15, -0.1) is 0 Å². The zero-order valence-corrected chi connectivity index (χ0v) is 7.35.